The van der Waals surface area contributed by atoms with Crippen LogP contribution in [-0.4, -0.2) is 101 Å². The van der Waals surface area contributed by atoms with Crippen molar-refractivity contribution in [1.82, 2.24) is 15.3 Å². The van der Waals surface area contributed by atoms with Crippen molar-refractivity contribution in [3.05, 3.63) is 0 Å². The van der Waals surface area contributed by atoms with Gasteiger partial charge >= 0.3 is 0 Å². The zero-order valence-corrected chi connectivity index (χ0v) is 36.1. The lowest BCUT2D eigenvalue weighted by Gasteiger charge is -2.46. The summed E-state index contributed by atoms with van der Waals surface area (Å²) in [6.45, 7) is 14.3. The molecule has 1 saturated heterocycles. The number of hydrogen-bond donors (Lipinski definition) is 3. The van der Waals surface area contributed by atoms with Crippen LogP contribution in [0.4, 0.5) is 0 Å². The number of ether oxygens (including phenoxy) is 1. The van der Waals surface area contributed by atoms with Gasteiger partial charge < -0.3 is 30.6 Å². The molecule has 0 aromatic carbocycles. The van der Waals surface area contributed by atoms with Crippen LogP contribution >= 0.6 is 0 Å². The Morgan fingerprint density at radius 3 is 2.08 bits per heavy atom. The Kier molecular flexibility index (Phi) is 22.9. The van der Waals surface area contributed by atoms with E-state index in [9.17, 15) is 9.59 Å². The molecule has 1 aliphatic heterocycles. The number of methoxy groups -OCH3 is 1. The molecule has 1 amide bonds. The van der Waals surface area contributed by atoms with Crippen LogP contribution in [0.1, 0.15) is 137 Å². The summed E-state index contributed by atoms with van der Waals surface area (Å²) in [5, 5.41) is 12.1. The molecular formula is C44H86N4O5. The van der Waals surface area contributed by atoms with Crippen molar-refractivity contribution in [1.29, 1.82) is 0 Å². The Labute approximate surface area is 326 Å². The first-order valence-electron chi connectivity index (χ1n) is 21.7. The number of fused-ring (bicyclic) bond motifs is 1. The van der Waals surface area contributed by atoms with Gasteiger partial charge in [0.25, 0.3) is 0 Å². The summed E-state index contributed by atoms with van der Waals surface area (Å²) in [4.78, 5) is 30.2. The second-order valence-electron chi connectivity index (χ2n) is 18.4. The molecule has 6 rings (SSSR count). The number of nitrogens with one attached hydrogen (secondary N) is 1. The zero-order chi connectivity index (χ0) is 39.6. The van der Waals surface area contributed by atoms with Gasteiger partial charge in [0.05, 0.1) is 12.7 Å². The summed E-state index contributed by atoms with van der Waals surface area (Å²) in [5.74, 6) is 6.23. The van der Waals surface area contributed by atoms with Crippen molar-refractivity contribution in [2.45, 2.75) is 156 Å². The highest BCUT2D eigenvalue weighted by Crippen LogP contribution is 2.45. The molecule has 53 heavy (non-hydrogen) atoms. The first-order chi connectivity index (χ1) is 25.5. The number of hydrogen-bond acceptors (Lipinski definition) is 8. The Morgan fingerprint density at radius 1 is 0.906 bits per heavy atom. The first kappa shape index (κ1) is 48.0. The molecule has 9 nitrogen and oxygen atoms in total. The minimum Gasteiger partial charge on any atom is -0.400 e. The van der Waals surface area contributed by atoms with Crippen molar-refractivity contribution in [3.8, 4) is 0 Å². The average molecular weight is 751 g/mol. The van der Waals surface area contributed by atoms with E-state index in [2.05, 4.69) is 69.7 Å². The third-order valence-electron chi connectivity index (χ3n) is 14.5. The van der Waals surface area contributed by atoms with Gasteiger partial charge in [-0.15, -0.1) is 0 Å². The Morgan fingerprint density at radius 2 is 1.53 bits per heavy atom. The highest BCUT2D eigenvalue weighted by Gasteiger charge is 2.43. The summed E-state index contributed by atoms with van der Waals surface area (Å²) < 4.78 is 6.11. The van der Waals surface area contributed by atoms with Gasteiger partial charge in [-0.2, -0.15) is 5.06 Å². The highest BCUT2D eigenvalue weighted by atomic mass is 16.7. The number of aliphatic hydroxyl groups is 1. The molecule has 11 unspecified atom stereocenters. The van der Waals surface area contributed by atoms with Crippen LogP contribution in [0.2, 0.25) is 0 Å². The Hall–Kier alpha value is -1.10. The molecule has 0 radical (unpaired) electrons. The minimum absolute atomic E-state index is 0.210. The van der Waals surface area contributed by atoms with Crippen LogP contribution in [-0.2, 0) is 19.2 Å². The average Bonchev–Trinajstić information content (AvgIpc) is 3.85. The smallest absolute Gasteiger partial charge is 0.207 e. The summed E-state index contributed by atoms with van der Waals surface area (Å²) in [7, 11) is 8.70. The fraction of sp³-hybridized carbons (Fsp3) is 0.955. The van der Waals surface area contributed by atoms with E-state index < -0.39 is 0 Å². The lowest BCUT2D eigenvalue weighted by Crippen LogP contribution is -2.47. The van der Waals surface area contributed by atoms with E-state index in [1.54, 1.807) is 25.7 Å². The van der Waals surface area contributed by atoms with Crippen molar-refractivity contribution in [3.63, 3.8) is 0 Å². The lowest BCUT2D eigenvalue weighted by molar-refractivity contribution is -0.144. The van der Waals surface area contributed by atoms with Crippen LogP contribution in [0.3, 0.4) is 0 Å². The largest absolute Gasteiger partial charge is 0.400 e. The number of nitrogens with zero attached hydrogens (tertiary/aromatic N) is 2. The molecule has 0 aromatic rings. The Balaban J connectivity index is 0.000000307. The molecule has 0 aromatic heterocycles. The maximum atomic E-state index is 11.6. The third kappa shape index (κ3) is 14.7. The van der Waals surface area contributed by atoms with Gasteiger partial charge in [-0.1, -0.05) is 86.0 Å². The SMILES string of the molecule is C1CCC2CCCC2C1.CC1CC(C)(C)C(C)C[C@@H]1NC=O.CCC1CON(CC2CCCC(C3CC(C=O)CC(N(C)C)C3)C2OC)C1.CN.CO. The maximum absolute atomic E-state index is 11.6. The van der Waals surface area contributed by atoms with Crippen LogP contribution in [0, 0.1) is 58.7 Å². The van der Waals surface area contributed by atoms with Crippen molar-refractivity contribution >= 4 is 12.7 Å². The topological polar surface area (TPSA) is 117 Å². The van der Waals surface area contributed by atoms with E-state index >= 15 is 0 Å². The maximum Gasteiger partial charge on any atom is 0.207 e. The minimum atomic E-state index is 0.210. The molecule has 5 aliphatic carbocycles. The number of carbonyl (C=O) groups is 2. The second kappa shape index (κ2) is 25.2. The molecule has 0 spiro atoms. The predicted octanol–water partition coefficient (Wildman–Crippen LogP) is 7.59. The van der Waals surface area contributed by atoms with Crippen LogP contribution in [0.15, 0.2) is 0 Å². The molecule has 1 heterocycles. The van der Waals surface area contributed by atoms with E-state index in [-0.39, 0.29) is 5.92 Å². The number of aliphatic hydroxyl groups excluding tert-OH is 1. The molecule has 5 saturated carbocycles. The molecule has 6 fully saturated rings. The van der Waals surface area contributed by atoms with Gasteiger partial charge in [0.15, 0.2) is 0 Å². The number of nitrogens with two attached hydrogens (primary N) is 1. The molecule has 12 atom stereocenters. The van der Waals surface area contributed by atoms with Gasteiger partial charge in [-0.25, -0.2) is 0 Å². The number of amides is 1. The summed E-state index contributed by atoms with van der Waals surface area (Å²) >= 11 is 0. The van der Waals surface area contributed by atoms with E-state index in [0.717, 1.165) is 52.5 Å². The number of rotatable bonds is 9. The van der Waals surface area contributed by atoms with E-state index in [4.69, 9.17) is 14.7 Å². The number of hydroxylamine groups is 2. The van der Waals surface area contributed by atoms with Gasteiger partial charge in [0.2, 0.25) is 6.41 Å². The fourth-order valence-corrected chi connectivity index (χ4v) is 11.0. The monoisotopic (exact) mass is 751 g/mol. The van der Waals surface area contributed by atoms with Gasteiger partial charge in [-0.05, 0) is 119 Å². The molecule has 0 bridgehead atoms. The third-order valence-corrected chi connectivity index (χ3v) is 14.5. The van der Waals surface area contributed by atoms with E-state index in [1.165, 1.54) is 83.0 Å². The van der Waals surface area contributed by atoms with Gasteiger partial charge in [-0.3, -0.25) is 9.63 Å². The number of carbonyl (C=O) groups excluding carboxylic acids is 2. The highest BCUT2D eigenvalue weighted by molar-refractivity contribution is 5.53. The standard InChI is InChI=1S/C22H40N2O3.C11H21NO.C9H16.CH5N.CH4O/c1-5-16-12-24(27-15-16)13-18-7-6-8-21(22(18)26-4)19-9-17(14-25)10-20(11-19)23(2)3;1-8-6-11(3,4)9(2)5-10(8)12-7-13;1-2-5-9-7-3-6-8(9)4-1;2*1-2/h14,16-22H,5-13,15H2,1-4H3;7-10H,5-6H2,1-4H3,(H,12,13);8-9H,1-7H2;2H2,1H3;2H,1H3/t;8?,9?,10-;;;/m.0.../s1. The van der Waals surface area contributed by atoms with E-state index in [0.29, 0.717) is 59.1 Å². The van der Waals surface area contributed by atoms with Crippen molar-refractivity contribution < 1.29 is 24.3 Å². The van der Waals surface area contributed by atoms with Crippen LogP contribution < -0.4 is 11.1 Å². The molecule has 6 aliphatic rings. The zero-order valence-electron chi connectivity index (χ0n) is 36.1. The quantitative estimate of drug-likeness (QED) is 0.207. The molecule has 9 heteroatoms. The van der Waals surface area contributed by atoms with Gasteiger partial charge in [0.1, 0.15) is 6.29 Å². The second-order valence-corrected chi connectivity index (χ2v) is 18.4. The molecule has 312 valence electrons. The molecular weight excluding hydrogens is 665 g/mol. The van der Waals surface area contributed by atoms with Gasteiger partial charge in [0, 0.05) is 51.2 Å². The molecule has 4 N–H and O–H groups in total. The summed E-state index contributed by atoms with van der Waals surface area (Å²) in [5.41, 5.74) is 4.93. The summed E-state index contributed by atoms with van der Waals surface area (Å²) in [6.07, 6.45) is 23.7. The predicted molar refractivity (Wildman–Crippen MR) is 219 cm³/mol. The fourth-order valence-electron chi connectivity index (χ4n) is 11.0. The number of aldehydes is 1. The van der Waals surface area contributed by atoms with Crippen molar-refractivity contribution in [2.75, 3.05) is 55.1 Å². The van der Waals surface area contributed by atoms with Crippen LogP contribution in [0.5, 0.6) is 0 Å². The lowest BCUT2D eigenvalue weighted by atomic mass is 9.64. The van der Waals surface area contributed by atoms with Crippen molar-refractivity contribution in [2.24, 2.45) is 64.4 Å². The first-order valence-corrected chi connectivity index (χ1v) is 21.7. The Bertz CT molecular complexity index is 971. The summed E-state index contributed by atoms with van der Waals surface area (Å²) in [6, 6.07) is 0.907. The normalized spacial score (nSPS) is 37.8. The van der Waals surface area contributed by atoms with E-state index in [1.807, 2.05) is 7.11 Å². The van der Waals surface area contributed by atoms with Crippen LogP contribution in [0.25, 0.3) is 0 Å².